The summed E-state index contributed by atoms with van der Waals surface area (Å²) in [5.41, 5.74) is 9.96. The molecule has 214 valence electrons. The van der Waals surface area contributed by atoms with Crippen molar-refractivity contribution in [2.75, 3.05) is 5.73 Å². The number of nitrogens with one attached hydrogen (secondary N) is 1. The van der Waals surface area contributed by atoms with Crippen LogP contribution in [-0.2, 0) is 7.05 Å². The van der Waals surface area contributed by atoms with Crippen LogP contribution >= 0.6 is 0 Å². The Labute approximate surface area is 247 Å². The molecule has 43 heavy (non-hydrogen) atoms. The van der Waals surface area contributed by atoms with Gasteiger partial charge in [0.15, 0.2) is 11.5 Å². The maximum atomic E-state index is 14.3. The van der Waals surface area contributed by atoms with Crippen molar-refractivity contribution in [1.29, 1.82) is 0 Å². The first kappa shape index (κ1) is 27.5. The number of fused-ring (bicyclic) bond motifs is 2. The number of pyridine rings is 1. The Morgan fingerprint density at radius 1 is 1.02 bits per heavy atom. The van der Waals surface area contributed by atoms with Gasteiger partial charge in [0.2, 0.25) is 0 Å². The standard InChI is InChI=1S/C33H30N8O2/c1-20(2)26-15-16-40-31(37-26)29(30(34)38-40)32(42)36-21(3)27-17-24-10-8-9-23(14-13-22-18-35-39(4)19-22)28(24)33(43)41(27)25-11-6-5-7-12-25/h5-12,15-21H,1-4H3,(H2,34,38)(H,36,42). The number of amides is 1. The van der Waals surface area contributed by atoms with Crippen molar-refractivity contribution in [2.45, 2.75) is 32.7 Å². The number of hydrogen-bond donors (Lipinski definition) is 2. The molecule has 10 heteroatoms. The largest absolute Gasteiger partial charge is 0.381 e. The van der Waals surface area contributed by atoms with Crippen LogP contribution in [0.4, 0.5) is 5.82 Å². The Bertz CT molecular complexity index is 2130. The molecule has 0 spiro atoms. The van der Waals surface area contributed by atoms with E-state index in [0.717, 1.165) is 11.3 Å². The molecule has 2 aromatic carbocycles. The van der Waals surface area contributed by atoms with E-state index in [9.17, 15) is 9.59 Å². The molecular weight excluding hydrogens is 540 g/mol. The zero-order valence-electron chi connectivity index (χ0n) is 24.2. The molecule has 3 N–H and O–H groups in total. The number of para-hydroxylation sites is 1. The van der Waals surface area contributed by atoms with Crippen molar-refractivity contribution < 1.29 is 4.79 Å². The third kappa shape index (κ3) is 5.13. The van der Waals surface area contributed by atoms with E-state index < -0.39 is 11.9 Å². The van der Waals surface area contributed by atoms with Crippen LogP contribution in [0.5, 0.6) is 0 Å². The van der Waals surface area contributed by atoms with E-state index in [1.807, 2.05) is 94.7 Å². The first-order valence-electron chi connectivity index (χ1n) is 13.9. The summed E-state index contributed by atoms with van der Waals surface area (Å²) >= 11 is 0. The monoisotopic (exact) mass is 570 g/mol. The summed E-state index contributed by atoms with van der Waals surface area (Å²) < 4.78 is 4.80. The molecule has 0 aliphatic rings. The molecule has 6 aromatic rings. The van der Waals surface area contributed by atoms with Gasteiger partial charge in [-0.2, -0.15) is 5.10 Å². The Morgan fingerprint density at radius 2 is 1.81 bits per heavy atom. The number of nitrogens with two attached hydrogens (primary N) is 1. The second-order valence-corrected chi connectivity index (χ2v) is 10.7. The van der Waals surface area contributed by atoms with Crippen LogP contribution in [0.15, 0.2) is 84.0 Å². The maximum absolute atomic E-state index is 14.3. The highest BCUT2D eigenvalue weighted by atomic mass is 16.2. The van der Waals surface area contributed by atoms with Crippen molar-refractivity contribution in [1.82, 2.24) is 34.3 Å². The Hall–Kier alpha value is -5.69. The lowest BCUT2D eigenvalue weighted by molar-refractivity contribution is 0.0941. The molecule has 4 aromatic heterocycles. The minimum absolute atomic E-state index is 0.0777. The summed E-state index contributed by atoms with van der Waals surface area (Å²) in [5, 5.41) is 12.7. The Kier molecular flexibility index (Phi) is 7.00. The summed E-state index contributed by atoms with van der Waals surface area (Å²) in [6.45, 7) is 5.89. The molecule has 4 heterocycles. The normalized spacial score (nSPS) is 11.9. The van der Waals surface area contributed by atoms with Crippen LogP contribution < -0.4 is 16.6 Å². The predicted octanol–water partition coefficient (Wildman–Crippen LogP) is 4.36. The Balaban J connectivity index is 1.46. The number of rotatable bonds is 5. The molecule has 0 fully saturated rings. The summed E-state index contributed by atoms with van der Waals surface area (Å²) in [6.07, 6.45) is 5.25. The molecule has 1 amide bonds. The molecule has 6 rings (SSSR count). The number of anilines is 1. The number of aryl methyl sites for hydroxylation is 1. The van der Waals surface area contributed by atoms with E-state index >= 15 is 0 Å². The molecule has 0 aliphatic carbocycles. The van der Waals surface area contributed by atoms with Crippen molar-refractivity contribution >= 4 is 28.1 Å². The van der Waals surface area contributed by atoms with Crippen LogP contribution in [-0.4, -0.2) is 34.9 Å². The average molecular weight is 571 g/mol. The van der Waals surface area contributed by atoms with E-state index in [1.165, 1.54) is 4.52 Å². The summed E-state index contributed by atoms with van der Waals surface area (Å²) in [5.74, 6) is 6.07. The van der Waals surface area contributed by atoms with E-state index in [4.69, 9.17) is 5.73 Å². The van der Waals surface area contributed by atoms with Gasteiger partial charge in [0.05, 0.1) is 23.2 Å². The summed E-state index contributed by atoms with van der Waals surface area (Å²) in [6, 6.07) is 18.1. The molecule has 10 nitrogen and oxygen atoms in total. The molecule has 0 saturated heterocycles. The molecular formula is C33H30N8O2. The molecule has 0 saturated carbocycles. The first-order valence-corrected chi connectivity index (χ1v) is 13.9. The van der Waals surface area contributed by atoms with E-state index in [2.05, 4.69) is 32.3 Å². The predicted molar refractivity (Wildman–Crippen MR) is 166 cm³/mol. The third-order valence-electron chi connectivity index (χ3n) is 7.28. The number of carbonyl (C=O) groups excluding carboxylic acids is 1. The lowest BCUT2D eigenvalue weighted by Crippen LogP contribution is -2.32. The van der Waals surface area contributed by atoms with Gasteiger partial charge in [0, 0.05) is 42.1 Å². The fourth-order valence-electron chi connectivity index (χ4n) is 5.12. The zero-order chi connectivity index (χ0) is 30.2. The smallest absolute Gasteiger partial charge is 0.264 e. The van der Waals surface area contributed by atoms with Gasteiger partial charge in [0.1, 0.15) is 5.56 Å². The fourth-order valence-corrected chi connectivity index (χ4v) is 5.12. The van der Waals surface area contributed by atoms with Crippen molar-refractivity contribution in [3.63, 3.8) is 0 Å². The third-order valence-corrected chi connectivity index (χ3v) is 7.28. The minimum Gasteiger partial charge on any atom is -0.381 e. The summed E-state index contributed by atoms with van der Waals surface area (Å²) in [4.78, 5) is 32.6. The average Bonchev–Trinajstić information content (AvgIpc) is 3.56. The lowest BCUT2D eigenvalue weighted by Gasteiger charge is -2.21. The van der Waals surface area contributed by atoms with Crippen LogP contribution in [0.3, 0.4) is 0 Å². The van der Waals surface area contributed by atoms with Gasteiger partial charge in [-0.3, -0.25) is 18.8 Å². The van der Waals surface area contributed by atoms with Crippen LogP contribution in [0.1, 0.15) is 65.6 Å². The lowest BCUT2D eigenvalue weighted by atomic mass is 10.0. The molecule has 0 radical (unpaired) electrons. The van der Waals surface area contributed by atoms with Crippen LogP contribution in [0.25, 0.3) is 22.1 Å². The van der Waals surface area contributed by atoms with Gasteiger partial charge in [-0.25, -0.2) is 9.50 Å². The highest BCUT2D eigenvalue weighted by Crippen LogP contribution is 2.25. The van der Waals surface area contributed by atoms with Gasteiger partial charge in [-0.1, -0.05) is 56.0 Å². The minimum atomic E-state index is -0.586. The molecule has 0 aliphatic heterocycles. The second-order valence-electron chi connectivity index (χ2n) is 10.7. The number of aromatic nitrogens is 6. The highest BCUT2D eigenvalue weighted by molar-refractivity contribution is 6.04. The SMILES string of the molecule is CC(C)c1ccn2nc(N)c(C(=O)NC(C)c3cc4cccc(C#Cc5cnn(C)c5)c4c(=O)n3-c3ccccc3)c2n1. The first-order chi connectivity index (χ1) is 20.7. The maximum Gasteiger partial charge on any atom is 0.264 e. The van der Waals surface area contributed by atoms with Crippen molar-refractivity contribution in [3.05, 3.63) is 118 Å². The second kappa shape index (κ2) is 10.9. The van der Waals surface area contributed by atoms with Gasteiger partial charge in [-0.15, -0.1) is 5.10 Å². The number of nitrogen functional groups attached to an aromatic ring is 1. The van der Waals surface area contributed by atoms with Gasteiger partial charge in [0.25, 0.3) is 11.5 Å². The van der Waals surface area contributed by atoms with Gasteiger partial charge >= 0.3 is 0 Å². The number of benzene rings is 2. The van der Waals surface area contributed by atoms with Gasteiger partial charge < -0.3 is 11.1 Å². The zero-order valence-corrected chi connectivity index (χ0v) is 24.2. The topological polar surface area (TPSA) is 125 Å². The van der Waals surface area contributed by atoms with E-state index in [-0.39, 0.29) is 22.9 Å². The van der Waals surface area contributed by atoms with Crippen LogP contribution in [0, 0.1) is 11.8 Å². The Morgan fingerprint density at radius 3 is 2.53 bits per heavy atom. The highest BCUT2D eigenvalue weighted by Gasteiger charge is 2.24. The molecule has 1 unspecified atom stereocenters. The van der Waals surface area contributed by atoms with Crippen molar-refractivity contribution in [3.8, 4) is 17.5 Å². The number of nitrogens with zero attached hydrogens (tertiary/aromatic N) is 6. The number of hydrogen-bond acceptors (Lipinski definition) is 6. The van der Waals surface area contributed by atoms with Crippen molar-refractivity contribution in [2.24, 2.45) is 7.05 Å². The molecule has 1 atom stereocenters. The molecule has 0 bridgehead atoms. The van der Waals surface area contributed by atoms with E-state index in [0.29, 0.717) is 33.4 Å². The number of carbonyl (C=O) groups is 1. The fraction of sp³-hybridized carbons (Fsp3) is 0.182. The summed E-state index contributed by atoms with van der Waals surface area (Å²) in [7, 11) is 1.83. The van der Waals surface area contributed by atoms with Crippen LogP contribution in [0.2, 0.25) is 0 Å². The van der Waals surface area contributed by atoms with E-state index in [1.54, 1.807) is 21.6 Å². The van der Waals surface area contributed by atoms with Gasteiger partial charge in [-0.05, 0) is 48.6 Å². The quantitative estimate of drug-likeness (QED) is 0.297.